The fourth-order valence-corrected chi connectivity index (χ4v) is 3.43. The molecule has 1 amide bonds. The van der Waals surface area contributed by atoms with Crippen molar-refractivity contribution in [2.24, 2.45) is 0 Å². The topological polar surface area (TPSA) is 26.8 Å². The molecule has 0 saturated carbocycles. The van der Waals surface area contributed by atoms with Crippen LogP contribution in [0, 0.1) is 0 Å². The summed E-state index contributed by atoms with van der Waals surface area (Å²) in [5, 5.41) is 0.791. The number of hydrogen-bond donors (Lipinski definition) is 0. The smallest absolute Gasteiger partial charge is 0.222 e. The molecule has 0 atom stereocenters. The number of benzene rings is 1. The van der Waals surface area contributed by atoms with Gasteiger partial charge < -0.3 is 9.80 Å². The predicted octanol–water partition coefficient (Wildman–Crippen LogP) is 2.47. The van der Waals surface area contributed by atoms with Gasteiger partial charge in [0.1, 0.15) is 0 Å². The molecule has 22 heavy (non-hydrogen) atoms. The van der Waals surface area contributed by atoms with E-state index in [1.165, 1.54) is 5.69 Å². The van der Waals surface area contributed by atoms with Crippen molar-refractivity contribution >= 4 is 23.2 Å². The summed E-state index contributed by atoms with van der Waals surface area (Å²) in [5.41, 5.74) is 1.26. The second-order valence-corrected chi connectivity index (χ2v) is 6.58. The Hall–Kier alpha value is -1.26. The third-order valence-corrected chi connectivity index (χ3v) is 4.89. The van der Waals surface area contributed by atoms with E-state index in [9.17, 15) is 4.79 Å². The molecule has 5 heteroatoms. The van der Waals surface area contributed by atoms with E-state index in [0.717, 1.165) is 70.1 Å². The zero-order valence-corrected chi connectivity index (χ0v) is 13.8. The molecule has 2 fully saturated rings. The average Bonchev–Trinajstić information content (AvgIpc) is 2.94. The maximum Gasteiger partial charge on any atom is 0.222 e. The Balaban J connectivity index is 1.38. The van der Waals surface area contributed by atoms with E-state index in [4.69, 9.17) is 11.6 Å². The van der Waals surface area contributed by atoms with Crippen LogP contribution in [0.25, 0.3) is 0 Å². The van der Waals surface area contributed by atoms with E-state index < -0.39 is 0 Å². The molecule has 4 nitrogen and oxygen atoms in total. The lowest BCUT2D eigenvalue weighted by Gasteiger charge is -2.36. The summed E-state index contributed by atoms with van der Waals surface area (Å²) < 4.78 is 0. The zero-order valence-electron chi connectivity index (χ0n) is 13.0. The number of nitrogens with zero attached hydrogens (tertiary/aromatic N) is 3. The van der Waals surface area contributed by atoms with Gasteiger partial charge in [-0.25, -0.2) is 0 Å². The lowest BCUT2D eigenvalue weighted by atomic mass is 10.2. The van der Waals surface area contributed by atoms with Gasteiger partial charge in [0.25, 0.3) is 0 Å². The molecule has 2 aliphatic heterocycles. The van der Waals surface area contributed by atoms with E-state index in [2.05, 4.69) is 21.9 Å². The third kappa shape index (κ3) is 3.93. The summed E-state index contributed by atoms with van der Waals surface area (Å²) in [4.78, 5) is 18.5. The van der Waals surface area contributed by atoms with Crippen LogP contribution in [0.3, 0.4) is 0 Å². The largest absolute Gasteiger partial charge is 0.369 e. The summed E-state index contributed by atoms with van der Waals surface area (Å²) in [5.74, 6) is 0.340. The van der Waals surface area contributed by atoms with Gasteiger partial charge >= 0.3 is 0 Å². The van der Waals surface area contributed by atoms with Gasteiger partial charge in [0.2, 0.25) is 5.91 Å². The van der Waals surface area contributed by atoms with E-state index in [-0.39, 0.29) is 0 Å². The van der Waals surface area contributed by atoms with Gasteiger partial charge in [-0.2, -0.15) is 0 Å². The highest BCUT2D eigenvalue weighted by Crippen LogP contribution is 2.19. The van der Waals surface area contributed by atoms with Gasteiger partial charge in [-0.05, 0) is 43.7 Å². The molecular weight excluding hydrogens is 298 g/mol. The van der Waals surface area contributed by atoms with Crippen LogP contribution >= 0.6 is 11.6 Å². The van der Waals surface area contributed by atoms with Crippen molar-refractivity contribution < 1.29 is 4.79 Å². The Kier molecular flexibility index (Phi) is 5.21. The van der Waals surface area contributed by atoms with Gasteiger partial charge in [0.05, 0.1) is 0 Å². The first-order valence-corrected chi connectivity index (χ1v) is 8.61. The number of piperazine rings is 1. The maximum absolute atomic E-state index is 11.6. The lowest BCUT2D eigenvalue weighted by molar-refractivity contribution is -0.127. The number of carbonyl (C=O) groups excluding carboxylic acids is 1. The summed E-state index contributed by atoms with van der Waals surface area (Å²) in [6, 6.07) is 8.10. The van der Waals surface area contributed by atoms with Crippen LogP contribution in [-0.2, 0) is 4.79 Å². The highest BCUT2D eigenvalue weighted by atomic mass is 35.5. The van der Waals surface area contributed by atoms with Crippen LogP contribution in [0.1, 0.15) is 19.3 Å². The van der Waals surface area contributed by atoms with E-state index in [1.54, 1.807) is 0 Å². The molecule has 0 bridgehead atoms. The van der Waals surface area contributed by atoms with Crippen LogP contribution in [0.5, 0.6) is 0 Å². The zero-order chi connectivity index (χ0) is 15.4. The van der Waals surface area contributed by atoms with Crippen LogP contribution in [0.15, 0.2) is 24.3 Å². The molecule has 0 aromatic heterocycles. The van der Waals surface area contributed by atoms with Gasteiger partial charge in [-0.15, -0.1) is 0 Å². The SMILES string of the molecule is O=C1CCCN1CCCN1CCN(c2ccc(Cl)cc2)CC1. The Labute approximate surface area is 137 Å². The minimum Gasteiger partial charge on any atom is -0.369 e. The summed E-state index contributed by atoms with van der Waals surface area (Å²) in [7, 11) is 0. The number of hydrogen-bond acceptors (Lipinski definition) is 3. The van der Waals surface area contributed by atoms with Gasteiger partial charge in [0, 0.05) is 56.4 Å². The monoisotopic (exact) mass is 321 g/mol. The molecule has 1 aromatic rings. The number of likely N-dealkylation sites (tertiary alicyclic amines) is 1. The summed E-state index contributed by atoms with van der Waals surface area (Å²) >= 11 is 5.94. The quantitative estimate of drug-likeness (QED) is 0.833. The van der Waals surface area contributed by atoms with Crippen molar-refractivity contribution in [2.75, 3.05) is 50.7 Å². The molecule has 2 heterocycles. The van der Waals surface area contributed by atoms with Crippen LogP contribution in [0.2, 0.25) is 5.02 Å². The van der Waals surface area contributed by atoms with Crippen molar-refractivity contribution in [3.05, 3.63) is 29.3 Å². The standard InChI is InChI=1S/C17H24ClN3O/c18-15-4-6-16(7-5-15)20-13-11-19(12-14-20)8-2-10-21-9-1-3-17(21)22/h4-7H,1-3,8-14H2. The number of amides is 1. The Morgan fingerprint density at radius 1 is 0.955 bits per heavy atom. The van der Waals surface area contributed by atoms with Gasteiger partial charge in [-0.3, -0.25) is 9.69 Å². The Bertz CT molecular complexity index is 497. The molecule has 0 spiro atoms. The summed E-state index contributed by atoms with van der Waals surface area (Å²) in [6.07, 6.45) is 2.88. The lowest BCUT2D eigenvalue weighted by Crippen LogP contribution is -2.47. The first-order valence-electron chi connectivity index (χ1n) is 8.23. The highest BCUT2D eigenvalue weighted by molar-refractivity contribution is 6.30. The van der Waals surface area contributed by atoms with Crippen LogP contribution in [0.4, 0.5) is 5.69 Å². The first-order chi connectivity index (χ1) is 10.7. The number of rotatable bonds is 5. The molecule has 0 radical (unpaired) electrons. The molecule has 0 unspecified atom stereocenters. The maximum atomic E-state index is 11.6. The van der Waals surface area contributed by atoms with Crippen molar-refractivity contribution in [3.63, 3.8) is 0 Å². The van der Waals surface area contributed by atoms with Gasteiger partial charge in [0.15, 0.2) is 0 Å². The van der Waals surface area contributed by atoms with E-state index >= 15 is 0 Å². The molecule has 0 aliphatic carbocycles. The second kappa shape index (κ2) is 7.34. The second-order valence-electron chi connectivity index (χ2n) is 6.14. The molecule has 120 valence electrons. The molecular formula is C17H24ClN3O. The molecule has 0 N–H and O–H groups in total. The normalized spacial score (nSPS) is 20.0. The highest BCUT2D eigenvalue weighted by Gasteiger charge is 2.20. The van der Waals surface area contributed by atoms with Crippen LogP contribution < -0.4 is 4.90 Å². The van der Waals surface area contributed by atoms with E-state index in [1.807, 2.05) is 17.0 Å². The fraction of sp³-hybridized carbons (Fsp3) is 0.588. The average molecular weight is 322 g/mol. The number of carbonyl (C=O) groups is 1. The van der Waals surface area contributed by atoms with Crippen LogP contribution in [-0.4, -0.2) is 61.5 Å². The number of halogens is 1. The minimum absolute atomic E-state index is 0.340. The first kappa shape index (κ1) is 15.6. The molecule has 2 aliphatic rings. The molecule has 3 rings (SSSR count). The Morgan fingerprint density at radius 2 is 1.68 bits per heavy atom. The minimum atomic E-state index is 0.340. The molecule has 1 aromatic carbocycles. The van der Waals surface area contributed by atoms with Crippen molar-refractivity contribution in [1.29, 1.82) is 0 Å². The van der Waals surface area contributed by atoms with E-state index in [0.29, 0.717) is 5.91 Å². The van der Waals surface area contributed by atoms with Crippen molar-refractivity contribution in [3.8, 4) is 0 Å². The predicted molar refractivity (Wildman–Crippen MR) is 90.5 cm³/mol. The van der Waals surface area contributed by atoms with Crippen molar-refractivity contribution in [2.45, 2.75) is 19.3 Å². The summed E-state index contributed by atoms with van der Waals surface area (Å²) in [6.45, 7) is 7.29. The van der Waals surface area contributed by atoms with Gasteiger partial charge in [-0.1, -0.05) is 11.6 Å². The fourth-order valence-electron chi connectivity index (χ4n) is 3.31. The van der Waals surface area contributed by atoms with Crippen molar-refractivity contribution in [1.82, 2.24) is 9.80 Å². The number of anilines is 1. The third-order valence-electron chi connectivity index (χ3n) is 4.64. The molecule has 2 saturated heterocycles. The Morgan fingerprint density at radius 3 is 2.32 bits per heavy atom.